The Bertz CT molecular complexity index is 475. The molecule has 1 aromatic rings. The van der Waals surface area contributed by atoms with E-state index in [1.54, 1.807) is 11.8 Å². The van der Waals surface area contributed by atoms with Crippen molar-refractivity contribution in [2.75, 3.05) is 18.4 Å². The van der Waals surface area contributed by atoms with Crippen molar-refractivity contribution in [2.45, 2.75) is 32.0 Å². The summed E-state index contributed by atoms with van der Waals surface area (Å²) in [6.45, 7) is 2.98. The van der Waals surface area contributed by atoms with E-state index in [0.29, 0.717) is 19.5 Å². The zero-order valence-electron chi connectivity index (χ0n) is 10.9. The van der Waals surface area contributed by atoms with E-state index in [0.717, 1.165) is 12.5 Å². The molecule has 1 atom stereocenters. The van der Waals surface area contributed by atoms with Gasteiger partial charge in [-0.05, 0) is 18.6 Å². The first-order chi connectivity index (χ1) is 9.40. The molecule has 2 rings (SSSR count). The number of hydrogen-bond acceptors (Lipinski definition) is 4. The van der Waals surface area contributed by atoms with Gasteiger partial charge >= 0.3 is 6.18 Å². The van der Waals surface area contributed by atoms with Gasteiger partial charge in [-0.2, -0.15) is 13.2 Å². The predicted molar refractivity (Wildman–Crippen MR) is 65.9 cm³/mol. The van der Waals surface area contributed by atoms with Crippen molar-refractivity contribution in [3.63, 3.8) is 0 Å². The van der Waals surface area contributed by atoms with Crippen LogP contribution in [-0.4, -0.2) is 40.1 Å². The molecule has 5 nitrogen and oxygen atoms in total. The molecule has 1 unspecified atom stereocenters. The minimum Gasteiger partial charge on any atom is -0.364 e. The van der Waals surface area contributed by atoms with Crippen LogP contribution < -0.4 is 5.32 Å². The topological polar surface area (TPSA) is 58.1 Å². The van der Waals surface area contributed by atoms with Gasteiger partial charge in [0.25, 0.3) is 0 Å². The third-order valence-corrected chi connectivity index (χ3v) is 3.15. The molecule has 1 aliphatic heterocycles. The highest BCUT2D eigenvalue weighted by atomic mass is 19.4. The first kappa shape index (κ1) is 14.5. The van der Waals surface area contributed by atoms with E-state index in [1.165, 1.54) is 6.07 Å². The standard InChI is InChI=1S/C12H15F3N4O/c1-2-11(20)19-6-5-8(7-19)16-10-4-3-9(17-18-10)12(13,14)15/h3-4,8H,2,5-7H2,1H3,(H,16,18). The summed E-state index contributed by atoms with van der Waals surface area (Å²) in [5.74, 6) is 0.363. The van der Waals surface area contributed by atoms with Crippen LogP contribution >= 0.6 is 0 Å². The Hall–Kier alpha value is -1.86. The van der Waals surface area contributed by atoms with E-state index in [9.17, 15) is 18.0 Å². The van der Waals surface area contributed by atoms with E-state index < -0.39 is 11.9 Å². The molecule has 1 N–H and O–H groups in total. The van der Waals surface area contributed by atoms with Crippen molar-refractivity contribution in [1.82, 2.24) is 15.1 Å². The van der Waals surface area contributed by atoms with Gasteiger partial charge in [0.1, 0.15) is 5.82 Å². The second-order valence-corrected chi connectivity index (χ2v) is 4.62. The van der Waals surface area contributed by atoms with Gasteiger partial charge in [-0.25, -0.2) is 0 Å². The van der Waals surface area contributed by atoms with Gasteiger partial charge in [-0.3, -0.25) is 4.79 Å². The zero-order valence-corrected chi connectivity index (χ0v) is 10.9. The van der Waals surface area contributed by atoms with E-state index in [2.05, 4.69) is 15.5 Å². The number of rotatable bonds is 3. The van der Waals surface area contributed by atoms with Crippen molar-refractivity contribution < 1.29 is 18.0 Å². The maximum absolute atomic E-state index is 12.3. The Balaban J connectivity index is 1.93. The van der Waals surface area contributed by atoms with Gasteiger partial charge in [0.15, 0.2) is 5.69 Å². The Kier molecular flexibility index (Phi) is 4.10. The number of alkyl halides is 3. The van der Waals surface area contributed by atoms with Crippen molar-refractivity contribution in [1.29, 1.82) is 0 Å². The number of nitrogens with one attached hydrogen (secondary N) is 1. The number of halogens is 3. The van der Waals surface area contributed by atoms with Crippen LogP contribution in [0.2, 0.25) is 0 Å². The quantitative estimate of drug-likeness (QED) is 0.923. The smallest absolute Gasteiger partial charge is 0.364 e. The minimum absolute atomic E-state index is 0.00321. The van der Waals surface area contributed by atoms with Crippen LogP contribution in [0.25, 0.3) is 0 Å². The van der Waals surface area contributed by atoms with Crippen molar-refractivity contribution in [2.24, 2.45) is 0 Å². The predicted octanol–water partition coefficient (Wildman–Crippen LogP) is 1.92. The largest absolute Gasteiger partial charge is 0.435 e. The zero-order chi connectivity index (χ0) is 14.8. The number of anilines is 1. The Labute approximate surface area is 114 Å². The summed E-state index contributed by atoms with van der Waals surface area (Å²) in [5, 5.41) is 9.65. The molecule has 1 aromatic heterocycles. The fourth-order valence-electron chi connectivity index (χ4n) is 2.10. The molecule has 2 heterocycles. The second-order valence-electron chi connectivity index (χ2n) is 4.62. The van der Waals surface area contributed by atoms with Crippen LogP contribution in [0.15, 0.2) is 12.1 Å². The fourth-order valence-corrected chi connectivity index (χ4v) is 2.10. The lowest BCUT2D eigenvalue weighted by Gasteiger charge is -2.16. The second kappa shape index (κ2) is 5.64. The molecule has 0 aromatic carbocycles. The van der Waals surface area contributed by atoms with Gasteiger partial charge in [0, 0.05) is 25.6 Å². The van der Waals surface area contributed by atoms with Gasteiger partial charge in [-0.1, -0.05) is 6.92 Å². The Morgan fingerprint density at radius 1 is 1.45 bits per heavy atom. The third-order valence-electron chi connectivity index (χ3n) is 3.15. The van der Waals surface area contributed by atoms with Gasteiger partial charge in [-0.15, -0.1) is 10.2 Å². The molecule has 1 saturated heterocycles. The number of nitrogens with zero attached hydrogens (tertiary/aromatic N) is 3. The molecule has 8 heteroatoms. The summed E-state index contributed by atoms with van der Waals surface area (Å²) < 4.78 is 37.0. The Morgan fingerprint density at radius 3 is 2.75 bits per heavy atom. The van der Waals surface area contributed by atoms with E-state index in [-0.39, 0.29) is 17.8 Å². The Morgan fingerprint density at radius 2 is 2.20 bits per heavy atom. The van der Waals surface area contributed by atoms with E-state index in [1.807, 2.05) is 0 Å². The number of aromatic nitrogens is 2. The average Bonchev–Trinajstić information content (AvgIpc) is 2.86. The minimum atomic E-state index is -4.48. The lowest BCUT2D eigenvalue weighted by molar-refractivity contribution is -0.141. The number of hydrogen-bond donors (Lipinski definition) is 1. The molecular weight excluding hydrogens is 273 g/mol. The third kappa shape index (κ3) is 3.37. The van der Waals surface area contributed by atoms with E-state index in [4.69, 9.17) is 0 Å². The number of carbonyl (C=O) groups excluding carboxylic acids is 1. The number of carbonyl (C=O) groups is 1. The molecule has 1 aliphatic rings. The summed E-state index contributed by atoms with van der Waals surface area (Å²) in [4.78, 5) is 13.2. The van der Waals surface area contributed by atoms with E-state index >= 15 is 0 Å². The molecule has 110 valence electrons. The summed E-state index contributed by atoms with van der Waals surface area (Å²) >= 11 is 0. The number of amides is 1. The lowest BCUT2D eigenvalue weighted by atomic mass is 10.2. The SMILES string of the molecule is CCC(=O)N1CCC(Nc2ccc(C(F)(F)F)nn2)C1. The molecular formula is C12H15F3N4O. The highest BCUT2D eigenvalue weighted by molar-refractivity contribution is 5.76. The maximum atomic E-state index is 12.3. The monoisotopic (exact) mass is 288 g/mol. The molecule has 0 bridgehead atoms. The summed E-state index contributed by atoms with van der Waals surface area (Å²) in [5.41, 5.74) is -1.02. The van der Waals surface area contributed by atoms with Crippen LogP contribution in [0, 0.1) is 0 Å². The molecule has 0 saturated carbocycles. The maximum Gasteiger partial charge on any atom is 0.435 e. The van der Waals surface area contributed by atoms with Gasteiger partial charge in [0.2, 0.25) is 5.91 Å². The highest BCUT2D eigenvalue weighted by Gasteiger charge is 2.33. The molecule has 0 aliphatic carbocycles. The van der Waals surface area contributed by atoms with Crippen LogP contribution in [0.3, 0.4) is 0 Å². The molecule has 1 amide bonds. The van der Waals surface area contributed by atoms with Crippen LogP contribution in [0.1, 0.15) is 25.5 Å². The fraction of sp³-hybridized carbons (Fsp3) is 0.583. The first-order valence-corrected chi connectivity index (χ1v) is 6.35. The summed E-state index contributed by atoms with van der Waals surface area (Å²) in [6, 6.07) is 2.14. The summed E-state index contributed by atoms with van der Waals surface area (Å²) in [6.07, 6.45) is -3.29. The molecule has 1 fully saturated rings. The van der Waals surface area contributed by atoms with Gasteiger partial charge < -0.3 is 10.2 Å². The lowest BCUT2D eigenvalue weighted by Crippen LogP contribution is -2.31. The average molecular weight is 288 g/mol. The normalized spacial score (nSPS) is 19.2. The molecule has 20 heavy (non-hydrogen) atoms. The molecule has 0 spiro atoms. The van der Waals surface area contributed by atoms with Crippen LogP contribution in [0.4, 0.5) is 19.0 Å². The van der Waals surface area contributed by atoms with Crippen LogP contribution in [0.5, 0.6) is 0 Å². The number of likely N-dealkylation sites (tertiary alicyclic amines) is 1. The van der Waals surface area contributed by atoms with Gasteiger partial charge in [0.05, 0.1) is 0 Å². The van der Waals surface area contributed by atoms with Crippen molar-refractivity contribution >= 4 is 11.7 Å². The molecule has 0 radical (unpaired) electrons. The first-order valence-electron chi connectivity index (χ1n) is 6.35. The van der Waals surface area contributed by atoms with Crippen molar-refractivity contribution in [3.05, 3.63) is 17.8 Å². The highest BCUT2D eigenvalue weighted by Crippen LogP contribution is 2.27. The van der Waals surface area contributed by atoms with Crippen LogP contribution in [-0.2, 0) is 11.0 Å². The van der Waals surface area contributed by atoms with Crippen molar-refractivity contribution in [3.8, 4) is 0 Å². The summed E-state index contributed by atoms with van der Waals surface area (Å²) in [7, 11) is 0.